The molecule has 3 aromatic rings. The first-order valence-electron chi connectivity index (χ1n) is 9.42. The maximum absolute atomic E-state index is 14.4. The van der Waals surface area contributed by atoms with E-state index >= 15 is 0 Å². The zero-order chi connectivity index (χ0) is 21.3. The Labute approximate surface area is 171 Å². The van der Waals surface area contributed by atoms with Crippen molar-refractivity contribution in [1.82, 2.24) is 9.78 Å². The molecule has 0 saturated heterocycles. The van der Waals surface area contributed by atoms with Crippen molar-refractivity contribution in [2.75, 3.05) is 10.6 Å². The van der Waals surface area contributed by atoms with Crippen molar-refractivity contribution in [2.45, 2.75) is 19.4 Å². The number of nitrogens with zero attached hydrogens (tertiary/aromatic N) is 2. The van der Waals surface area contributed by atoms with E-state index in [-0.39, 0.29) is 22.6 Å². The summed E-state index contributed by atoms with van der Waals surface area (Å²) in [7, 11) is 0. The molecule has 0 radical (unpaired) electrons. The van der Waals surface area contributed by atoms with Gasteiger partial charge in [-0.3, -0.25) is 4.79 Å². The van der Waals surface area contributed by atoms with Crippen LogP contribution in [0.25, 0.3) is 0 Å². The number of anilines is 2. The Morgan fingerprint density at radius 3 is 2.60 bits per heavy atom. The summed E-state index contributed by atoms with van der Waals surface area (Å²) in [5.41, 5.74) is 2.00. The second-order valence-electron chi connectivity index (χ2n) is 6.83. The van der Waals surface area contributed by atoms with E-state index in [9.17, 15) is 19.1 Å². The molecular formula is C22H19FN4O3. The minimum atomic E-state index is -1.22. The zero-order valence-corrected chi connectivity index (χ0v) is 16.1. The van der Waals surface area contributed by atoms with Gasteiger partial charge in [-0.15, -0.1) is 0 Å². The highest BCUT2D eigenvalue weighted by molar-refractivity contribution is 6.08. The van der Waals surface area contributed by atoms with Crippen molar-refractivity contribution < 1.29 is 19.1 Å². The third-order valence-electron chi connectivity index (χ3n) is 4.96. The number of aryl methyl sites for hydroxylation is 1. The molecule has 1 aliphatic heterocycles. The average Bonchev–Trinajstić information content (AvgIpc) is 3.18. The summed E-state index contributed by atoms with van der Waals surface area (Å²) in [4.78, 5) is 24.5. The molecule has 1 unspecified atom stereocenters. The van der Waals surface area contributed by atoms with Gasteiger partial charge in [0.2, 0.25) is 0 Å². The number of hydrogen-bond acceptors (Lipinski definition) is 4. The molecule has 2 heterocycles. The molecule has 0 fully saturated rings. The second-order valence-corrected chi connectivity index (χ2v) is 6.83. The molecule has 0 spiro atoms. The second kappa shape index (κ2) is 7.82. The molecule has 2 aromatic carbocycles. The van der Waals surface area contributed by atoms with Gasteiger partial charge in [0, 0.05) is 11.3 Å². The number of carboxylic acid groups (broad SMARTS) is 1. The Balaban J connectivity index is 1.70. The molecule has 3 N–H and O–H groups in total. The van der Waals surface area contributed by atoms with Crippen LogP contribution < -0.4 is 10.6 Å². The summed E-state index contributed by atoms with van der Waals surface area (Å²) in [6.45, 7) is 2.04. The maximum atomic E-state index is 14.4. The summed E-state index contributed by atoms with van der Waals surface area (Å²) in [6, 6.07) is 12.7. The lowest BCUT2D eigenvalue weighted by molar-refractivity contribution is -0.132. The number of fused-ring (bicyclic) bond motifs is 1. The number of carbonyl (C=O) groups is 2. The smallest absolute Gasteiger partial charge is 0.352 e. The molecule has 4 rings (SSSR count). The number of allylic oxidation sites excluding steroid dienone is 1. The van der Waals surface area contributed by atoms with E-state index in [1.165, 1.54) is 23.0 Å². The molecule has 30 heavy (non-hydrogen) atoms. The van der Waals surface area contributed by atoms with Gasteiger partial charge in [-0.25, -0.2) is 13.9 Å². The van der Waals surface area contributed by atoms with Gasteiger partial charge in [0.1, 0.15) is 28.9 Å². The van der Waals surface area contributed by atoms with Crippen LogP contribution in [-0.4, -0.2) is 26.8 Å². The number of benzene rings is 2. The van der Waals surface area contributed by atoms with Crippen molar-refractivity contribution >= 4 is 23.4 Å². The first-order valence-corrected chi connectivity index (χ1v) is 9.42. The van der Waals surface area contributed by atoms with Crippen molar-refractivity contribution in [3.05, 3.63) is 89.0 Å². The molecule has 0 bridgehead atoms. The van der Waals surface area contributed by atoms with Crippen molar-refractivity contribution in [2.24, 2.45) is 0 Å². The summed E-state index contributed by atoms with van der Waals surface area (Å²) in [5.74, 6) is -1.98. The number of carbonyl (C=O) groups excluding carboxylic acids is 1. The number of halogens is 1. The fourth-order valence-electron chi connectivity index (χ4n) is 3.35. The van der Waals surface area contributed by atoms with Crippen molar-refractivity contribution in [1.29, 1.82) is 0 Å². The predicted molar refractivity (Wildman–Crippen MR) is 110 cm³/mol. The highest BCUT2D eigenvalue weighted by Crippen LogP contribution is 2.33. The molecule has 0 aliphatic carbocycles. The maximum Gasteiger partial charge on any atom is 0.352 e. The molecule has 1 amide bonds. The van der Waals surface area contributed by atoms with Crippen molar-refractivity contribution in [3.8, 4) is 0 Å². The molecule has 0 saturated carbocycles. The van der Waals surface area contributed by atoms with Gasteiger partial charge in [0.05, 0.1) is 6.20 Å². The molecule has 1 aliphatic rings. The van der Waals surface area contributed by atoms with Crippen LogP contribution in [0.5, 0.6) is 0 Å². The van der Waals surface area contributed by atoms with Crippen LogP contribution >= 0.6 is 0 Å². The number of amides is 1. The van der Waals surface area contributed by atoms with Gasteiger partial charge in [0.15, 0.2) is 0 Å². The van der Waals surface area contributed by atoms with Crippen LogP contribution in [0.4, 0.5) is 15.9 Å². The molecule has 7 nitrogen and oxygen atoms in total. The molecule has 1 atom stereocenters. The van der Waals surface area contributed by atoms with E-state index in [4.69, 9.17) is 0 Å². The topological polar surface area (TPSA) is 96.3 Å². The van der Waals surface area contributed by atoms with E-state index in [1.807, 2.05) is 19.1 Å². The third-order valence-corrected chi connectivity index (χ3v) is 4.96. The quantitative estimate of drug-likeness (QED) is 0.599. The van der Waals surface area contributed by atoms with Gasteiger partial charge in [-0.05, 0) is 36.3 Å². The van der Waals surface area contributed by atoms with Crippen LogP contribution in [0, 0.1) is 5.82 Å². The summed E-state index contributed by atoms with van der Waals surface area (Å²) in [5, 5.41) is 19.2. The van der Waals surface area contributed by atoms with Gasteiger partial charge < -0.3 is 15.7 Å². The SMILES string of the molecule is CCc1ccc(NC(=O)c2cnn3c2NC(C(=O)O)=CC3c2ccccc2F)cc1. The van der Waals surface area contributed by atoms with Crippen molar-refractivity contribution in [3.63, 3.8) is 0 Å². The van der Waals surface area contributed by atoms with Gasteiger partial charge >= 0.3 is 5.97 Å². The van der Waals surface area contributed by atoms with Gasteiger partial charge in [0.25, 0.3) is 5.91 Å². The fourth-order valence-corrected chi connectivity index (χ4v) is 3.35. The largest absolute Gasteiger partial charge is 0.477 e. The zero-order valence-electron chi connectivity index (χ0n) is 16.1. The Kier molecular flexibility index (Phi) is 5.05. The Bertz CT molecular complexity index is 1150. The van der Waals surface area contributed by atoms with Gasteiger partial charge in [-0.1, -0.05) is 37.3 Å². The molecular weight excluding hydrogens is 387 g/mol. The minimum absolute atomic E-state index is 0.155. The lowest BCUT2D eigenvalue weighted by Crippen LogP contribution is -2.26. The monoisotopic (exact) mass is 406 g/mol. The number of aromatic nitrogens is 2. The van der Waals surface area contributed by atoms with E-state index in [2.05, 4.69) is 15.7 Å². The summed E-state index contributed by atoms with van der Waals surface area (Å²) < 4.78 is 15.8. The van der Waals surface area contributed by atoms with Crippen LogP contribution in [0.1, 0.15) is 34.5 Å². The summed E-state index contributed by atoms with van der Waals surface area (Å²) in [6.07, 6.45) is 3.59. The summed E-state index contributed by atoms with van der Waals surface area (Å²) >= 11 is 0. The van der Waals surface area contributed by atoms with Crippen LogP contribution in [-0.2, 0) is 11.2 Å². The number of rotatable bonds is 5. The third kappa shape index (κ3) is 3.55. The van der Waals surface area contributed by atoms with E-state index in [1.54, 1.807) is 30.3 Å². The number of carboxylic acids is 1. The number of hydrogen-bond donors (Lipinski definition) is 3. The molecule has 152 valence electrons. The van der Waals surface area contributed by atoms with Crippen LogP contribution in [0.15, 0.2) is 66.5 Å². The lowest BCUT2D eigenvalue weighted by atomic mass is 10.0. The highest BCUT2D eigenvalue weighted by atomic mass is 19.1. The van der Waals surface area contributed by atoms with Crippen LogP contribution in [0.2, 0.25) is 0 Å². The molecule has 1 aromatic heterocycles. The Hall–Kier alpha value is -3.94. The van der Waals surface area contributed by atoms with Crippen LogP contribution in [0.3, 0.4) is 0 Å². The van der Waals surface area contributed by atoms with E-state index < -0.39 is 23.7 Å². The number of nitrogens with one attached hydrogen (secondary N) is 2. The number of aliphatic carboxylic acids is 1. The standard InChI is InChI=1S/C22H19FN4O3/c1-2-13-7-9-14(10-8-13)25-21(28)16-12-24-27-19(15-5-3-4-6-17(15)23)11-18(22(29)30)26-20(16)27/h3-12,19,26H,2H2,1H3,(H,25,28)(H,29,30). The highest BCUT2D eigenvalue weighted by Gasteiger charge is 2.30. The first-order chi connectivity index (χ1) is 14.5. The average molecular weight is 406 g/mol. The first kappa shape index (κ1) is 19.4. The minimum Gasteiger partial charge on any atom is -0.477 e. The lowest BCUT2D eigenvalue weighted by Gasteiger charge is -2.24. The Morgan fingerprint density at radius 1 is 1.20 bits per heavy atom. The van der Waals surface area contributed by atoms with E-state index in [0.717, 1.165) is 12.0 Å². The Morgan fingerprint density at radius 2 is 1.93 bits per heavy atom. The fraction of sp³-hybridized carbons (Fsp3) is 0.136. The van der Waals surface area contributed by atoms with Gasteiger partial charge in [-0.2, -0.15) is 5.10 Å². The molecule has 8 heteroatoms. The van der Waals surface area contributed by atoms with E-state index in [0.29, 0.717) is 5.69 Å². The normalized spacial score (nSPS) is 15.0. The predicted octanol–water partition coefficient (Wildman–Crippen LogP) is 3.82.